The quantitative estimate of drug-likeness (QED) is 0.219. The molecule has 12 nitrogen and oxygen atoms in total. The Morgan fingerprint density at radius 3 is 2.47 bits per heavy atom. The molecule has 0 spiro atoms. The van der Waals surface area contributed by atoms with Gasteiger partial charge in [0.05, 0.1) is 32.2 Å². The summed E-state index contributed by atoms with van der Waals surface area (Å²) in [6.45, 7) is -0.628. The molecule has 2 aliphatic heterocycles. The van der Waals surface area contributed by atoms with Gasteiger partial charge in [-0.15, -0.1) is 0 Å². The van der Waals surface area contributed by atoms with Crippen LogP contribution in [-0.2, 0) is 33.3 Å². The second-order valence-electron chi connectivity index (χ2n) is 9.48. The Kier molecular flexibility index (Phi) is 9.03. The highest BCUT2D eigenvalue weighted by atomic mass is 16.8. The second-order valence-corrected chi connectivity index (χ2v) is 9.48. The number of carbonyl (C=O) groups excluding carboxylic acids is 2. The maximum atomic E-state index is 12.4. The van der Waals surface area contributed by atoms with Gasteiger partial charge in [0.15, 0.2) is 6.29 Å². The van der Waals surface area contributed by atoms with Crippen LogP contribution in [0.15, 0.2) is 42.2 Å². The van der Waals surface area contributed by atoms with Crippen LogP contribution in [0.4, 0.5) is 0 Å². The number of aliphatic hydroxyl groups excluding tert-OH is 4. The predicted octanol–water partition coefficient (Wildman–Crippen LogP) is -0.179. The van der Waals surface area contributed by atoms with E-state index in [1.807, 2.05) is 0 Å². The molecule has 9 unspecified atom stereocenters. The molecule has 3 aliphatic rings. The zero-order valence-electron chi connectivity index (χ0n) is 20.7. The molecule has 0 aromatic heterocycles. The summed E-state index contributed by atoms with van der Waals surface area (Å²) in [5.41, 5.74) is 0.995. The van der Waals surface area contributed by atoms with Gasteiger partial charge in [-0.1, -0.05) is 12.1 Å². The molecule has 1 aromatic carbocycles. The van der Waals surface area contributed by atoms with Gasteiger partial charge < -0.3 is 49.2 Å². The van der Waals surface area contributed by atoms with Crippen LogP contribution in [-0.4, -0.2) is 94.8 Å². The van der Waals surface area contributed by atoms with Crippen LogP contribution in [0.3, 0.4) is 0 Å². The number of ether oxygens (including phenoxy) is 5. The summed E-state index contributed by atoms with van der Waals surface area (Å²) in [6, 6.07) is 6.27. The minimum absolute atomic E-state index is 0.00767. The van der Waals surface area contributed by atoms with Crippen LogP contribution in [0, 0.1) is 17.8 Å². The van der Waals surface area contributed by atoms with Gasteiger partial charge in [0.1, 0.15) is 30.2 Å². The van der Waals surface area contributed by atoms with Gasteiger partial charge in [0.2, 0.25) is 6.29 Å². The summed E-state index contributed by atoms with van der Waals surface area (Å²) >= 11 is 0. The summed E-state index contributed by atoms with van der Waals surface area (Å²) < 4.78 is 27.4. The van der Waals surface area contributed by atoms with E-state index in [1.165, 1.54) is 31.6 Å². The molecule has 1 aliphatic carbocycles. The normalized spacial score (nSPS) is 34.8. The number of aliphatic hydroxyl groups is 4. The summed E-state index contributed by atoms with van der Waals surface area (Å²) in [5.74, 6) is -2.21. The molecular formula is C26H32O12. The van der Waals surface area contributed by atoms with E-state index in [-0.39, 0.29) is 24.2 Å². The molecular weight excluding hydrogens is 504 g/mol. The number of rotatable bonds is 8. The number of benzene rings is 1. The fraction of sp³-hybridized carbons (Fsp3) is 0.538. The van der Waals surface area contributed by atoms with Gasteiger partial charge in [-0.3, -0.25) is 0 Å². The number of phenolic OH excluding ortho intramolecular Hbond substituents is 1. The van der Waals surface area contributed by atoms with Crippen LogP contribution in [0.5, 0.6) is 5.75 Å². The number of hydrogen-bond acceptors (Lipinski definition) is 12. The zero-order chi connectivity index (χ0) is 27.4. The Hall–Kier alpha value is -3.00. The third-order valence-electron chi connectivity index (χ3n) is 7.18. The fourth-order valence-electron chi connectivity index (χ4n) is 5.13. The van der Waals surface area contributed by atoms with Crippen molar-refractivity contribution in [3.05, 3.63) is 47.7 Å². The van der Waals surface area contributed by atoms with Crippen molar-refractivity contribution in [2.45, 2.75) is 49.8 Å². The highest BCUT2D eigenvalue weighted by Gasteiger charge is 2.52. The minimum Gasteiger partial charge on any atom is -0.508 e. The molecule has 9 atom stereocenters. The van der Waals surface area contributed by atoms with Crippen LogP contribution in [0.1, 0.15) is 18.4 Å². The van der Waals surface area contributed by atoms with Crippen molar-refractivity contribution in [1.29, 1.82) is 0 Å². The molecule has 5 N–H and O–H groups in total. The van der Waals surface area contributed by atoms with Gasteiger partial charge in [-0.05, 0) is 36.6 Å². The van der Waals surface area contributed by atoms with Crippen molar-refractivity contribution in [1.82, 2.24) is 0 Å². The van der Waals surface area contributed by atoms with E-state index in [4.69, 9.17) is 23.7 Å². The molecule has 2 fully saturated rings. The molecule has 4 rings (SSSR count). The molecule has 0 radical (unpaired) electrons. The molecule has 12 heteroatoms. The van der Waals surface area contributed by atoms with Crippen molar-refractivity contribution in [2.75, 3.05) is 20.3 Å². The number of aromatic hydroxyl groups is 1. The van der Waals surface area contributed by atoms with Gasteiger partial charge in [-0.25, -0.2) is 9.59 Å². The lowest BCUT2D eigenvalue weighted by Crippen LogP contribution is -2.60. The maximum absolute atomic E-state index is 12.4. The Morgan fingerprint density at radius 1 is 1.05 bits per heavy atom. The predicted molar refractivity (Wildman–Crippen MR) is 128 cm³/mol. The van der Waals surface area contributed by atoms with Gasteiger partial charge in [0, 0.05) is 23.8 Å². The SMILES string of the molecule is COC(=O)C1=COC(OC2OC(CO)C(O)C(O)C2O)C2C(COC(=O)C=Cc3ccc(O)cc3)CCC12. The fourth-order valence-corrected chi connectivity index (χ4v) is 5.13. The van der Waals surface area contributed by atoms with E-state index in [0.717, 1.165) is 0 Å². The molecule has 1 saturated heterocycles. The Balaban J connectivity index is 1.46. The first-order chi connectivity index (χ1) is 18.2. The first kappa shape index (κ1) is 28.0. The molecule has 0 amide bonds. The molecule has 0 bridgehead atoms. The number of methoxy groups -OCH3 is 1. The average Bonchev–Trinajstić information content (AvgIpc) is 3.36. The lowest BCUT2D eigenvalue weighted by Gasteiger charge is -2.43. The van der Waals surface area contributed by atoms with E-state index in [0.29, 0.717) is 24.0 Å². The van der Waals surface area contributed by atoms with Crippen molar-refractivity contribution in [3.8, 4) is 5.75 Å². The molecule has 208 valence electrons. The van der Waals surface area contributed by atoms with Gasteiger partial charge in [-0.2, -0.15) is 0 Å². The number of carbonyl (C=O) groups is 2. The van der Waals surface area contributed by atoms with Crippen LogP contribution in [0.25, 0.3) is 6.08 Å². The van der Waals surface area contributed by atoms with E-state index < -0.39 is 61.5 Å². The largest absolute Gasteiger partial charge is 0.508 e. The zero-order valence-corrected chi connectivity index (χ0v) is 20.7. The maximum Gasteiger partial charge on any atom is 0.337 e. The first-order valence-electron chi connectivity index (χ1n) is 12.3. The van der Waals surface area contributed by atoms with E-state index >= 15 is 0 Å². The third kappa shape index (κ3) is 6.01. The topological polar surface area (TPSA) is 181 Å². The van der Waals surface area contributed by atoms with E-state index in [9.17, 15) is 35.1 Å². The van der Waals surface area contributed by atoms with Crippen molar-refractivity contribution >= 4 is 18.0 Å². The number of phenols is 1. The number of hydrogen-bond donors (Lipinski definition) is 5. The van der Waals surface area contributed by atoms with E-state index in [1.54, 1.807) is 18.2 Å². The van der Waals surface area contributed by atoms with Gasteiger partial charge in [0.25, 0.3) is 0 Å². The minimum atomic E-state index is -1.64. The highest BCUT2D eigenvalue weighted by Crippen LogP contribution is 2.47. The third-order valence-corrected chi connectivity index (χ3v) is 7.18. The number of fused-ring (bicyclic) bond motifs is 1. The molecule has 2 heterocycles. The first-order valence-corrected chi connectivity index (χ1v) is 12.3. The number of esters is 2. The standard InChI is InChI=1S/C26H32O12/c1-34-24(33)17-12-36-25(38-26-23(32)22(31)21(30)18(10-27)37-26)20-14(5-8-16(17)20)11-35-19(29)9-4-13-2-6-15(28)7-3-13/h2-4,6-7,9,12,14,16,18,20-23,25-28,30-32H,5,8,10-11H2,1H3. The van der Waals surface area contributed by atoms with Crippen LogP contribution in [0.2, 0.25) is 0 Å². The van der Waals surface area contributed by atoms with Crippen molar-refractivity contribution in [2.24, 2.45) is 17.8 Å². The van der Waals surface area contributed by atoms with Crippen molar-refractivity contribution in [3.63, 3.8) is 0 Å². The summed E-state index contributed by atoms with van der Waals surface area (Å²) in [5, 5.41) is 49.4. The van der Waals surface area contributed by atoms with Crippen LogP contribution < -0.4 is 0 Å². The monoisotopic (exact) mass is 536 g/mol. The smallest absolute Gasteiger partial charge is 0.337 e. The van der Waals surface area contributed by atoms with E-state index in [2.05, 4.69) is 0 Å². The molecule has 38 heavy (non-hydrogen) atoms. The molecule has 1 aromatic rings. The van der Waals surface area contributed by atoms with Crippen molar-refractivity contribution < 1.29 is 58.8 Å². The molecule has 1 saturated carbocycles. The Labute approximate surface area is 218 Å². The Morgan fingerprint density at radius 2 is 1.79 bits per heavy atom. The van der Waals surface area contributed by atoms with Gasteiger partial charge >= 0.3 is 11.9 Å². The Bertz CT molecular complexity index is 1040. The van der Waals surface area contributed by atoms with Crippen LogP contribution >= 0.6 is 0 Å². The highest BCUT2D eigenvalue weighted by molar-refractivity contribution is 5.89. The lowest BCUT2D eigenvalue weighted by atomic mass is 9.83. The summed E-state index contributed by atoms with van der Waals surface area (Å²) in [7, 11) is 1.25. The average molecular weight is 537 g/mol. The summed E-state index contributed by atoms with van der Waals surface area (Å²) in [6.07, 6.45) is -3.33. The second kappa shape index (κ2) is 12.2. The summed E-state index contributed by atoms with van der Waals surface area (Å²) in [4.78, 5) is 24.7. The lowest BCUT2D eigenvalue weighted by molar-refractivity contribution is -0.342.